The van der Waals surface area contributed by atoms with E-state index < -0.39 is 23.6 Å². The quantitative estimate of drug-likeness (QED) is 0.716. The number of ether oxygens (including phenoxy) is 2. The fourth-order valence-electron chi connectivity index (χ4n) is 2.68. The molecule has 0 unspecified atom stereocenters. The lowest BCUT2D eigenvalue weighted by Gasteiger charge is -2.16. The molecule has 0 atom stereocenters. The molecule has 6 nitrogen and oxygen atoms in total. The topological polar surface area (TPSA) is 76.7 Å². The number of hydrogen-bond acceptors (Lipinski definition) is 4. The summed E-state index contributed by atoms with van der Waals surface area (Å²) in [5.41, 5.74) is -0.643. The molecule has 0 radical (unpaired) electrons. The smallest absolute Gasteiger partial charge is 0.418 e. The van der Waals surface area contributed by atoms with Gasteiger partial charge in [0.05, 0.1) is 25.5 Å². The second-order valence-electron chi connectivity index (χ2n) is 6.18. The van der Waals surface area contributed by atoms with Gasteiger partial charge in [0.15, 0.2) is 11.5 Å². The van der Waals surface area contributed by atoms with Crippen LogP contribution in [0, 0.1) is 0 Å². The first-order chi connectivity index (χ1) is 13.6. The number of anilines is 2. The Balaban J connectivity index is 2.11. The van der Waals surface area contributed by atoms with E-state index >= 15 is 0 Å². The van der Waals surface area contributed by atoms with Gasteiger partial charge in [-0.05, 0) is 42.3 Å². The molecular weight excluding hydrogens is 389 g/mol. The molecule has 0 fully saturated rings. The van der Waals surface area contributed by atoms with Gasteiger partial charge in [0.25, 0.3) is 0 Å². The van der Waals surface area contributed by atoms with Crippen molar-refractivity contribution in [3.63, 3.8) is 0 Å². The molecule has 2 aromatic rings. The first-order valence-electron chi connectivity index (χ1n) is 8.63. The predicted octanol–water partition coefficient (Wildman–Crippen LogP) is 4.25. The Bertz CT molecular complexity index is 898. The van der Waals surface area contributed by atoms with Gasteiger partial charge in [-0.2, -0.15) is 13.2 Å². The van der Waals surface area contributed by atoms with E-state index in [2.05, 4.69) is 10.6 Å². The lowest BCUT2D eigenvalue weighted by molar-refractivity contribution is -0.137. The Morgan fingerprint density at radius 3 is 2.24 bits per heavy atom. The molecule has 2 N–H and O–H groups in total. The zero-order valence-electron chi connectivity index (χ0n) is 16.1. The standard InChI is InChI=1S/C20H21F3N2O4/c1-12(26)24-14-6-7-16(15(11-14)20(21,22)23)25-19(27)9-5-13-4-8-17(28-2)18(10-13)29-3/h4,6-8,10-11H,5,9H2,1-3H3,(H,24,26)(H,25,27). The Morgan fingerprint density at radius 2 is 1.66 bits per heavy atom. The minimum absolute atomic E-state index is 0.00634. The Hall–Kier alpha value is -3.23. The number of amides is 2. The third-order valence-corrected chi connectivity index (χ3v) is 4.01. The van der Waals surface area contributed by atoms with Crippen LogP contribution < -0.4 is 20.1 Å². The lowest BCUT2D eigenvalue weighted by Crippen LogP contribution is -2.17. The van der Waals surface area contributed by atoms with Gasteiger partial charge in [-0.3, -0.25) is 9.59 Å². The van der Waals surface area contributed by atoms with Crippen LogP contribution in [0.3, 0.4) is 0 Å². The van der Waals surface area contributed by atoms with Crippen LogP contribution in [0.25, 0.3) is 0 Å². The summed E-state index contributed by atoms with van der Waals surface area (Å²) in [4.78, 5) is 23.3. The summed E-state index contributed by atoms with van der Waals surface area (Å²) in [6.07, 6.45) is -4.42. The molecule has 0 saturated heterocycles. The average molecular weight is 410 g/mol. The number of rotatable bonds is 7. The van der Waals surface area contributed by atoms with Crippen molar-refractivity contribution in [3.8, 4) is 11.5 Å². The van der Waals surface area contributed by atoms with Crippen molar-refractivity contribution >= 4 is 23.2 Å². The van der Waals surface area contributed by atoms with E-state index in [1.54, 1.807) is 18.2 Å². The third kappa shape index (κ3) is 6.13. The number of carbonyl (C=O) groups excluding carboxylic acids is 2. The Labute approximate surface area is 166 Å². The van der Waals surface area contributed by atoms with E-state index in [0.29, 0.717) is 17.9 Å². The number of nitrogens with one attached hydrogen (secondary N) is 2. The molecule has 0 aliphatic rings. The monoisotopic (exact) mass is 410 g/mol. The third-order valence-electron chi connectivity index (χ3n) is 4.01. The number of alkyl halides is 3. The van der Waals surface area contributed by atoms with Crippen molar-refractivity contribution in [2.75, 3.05) is 24.9 Å². The van der Waals surface area contributed by atoms with Gasteiger partial charge in [-0.1, -0.05) is 6.07 Å². The number of carbonyl (C=O) groups is 2. The highest BCUT2D eigenvalue weighted by atomic mass is 19.4. The maximum atomic E-state index is 13.3. The maximum absolute atomic E-state index is 13.3. The molecule has 2 amide bonds. The van der Waals surface area contributed by atoms with Crippen molar-refractivity contribution in [3.05, 3.63) is 47.5 Å². The van der Waals surface area contributed by atoms with Gasteiger partial charge in [0.1, 0.15) is 0 Å². The summed E-state index contributed by atoms with van der Waals surface area (Å²) >= 11 is 0. The predicted molar refractivity (Wildman–Crippen MR) is 102 cm³/mol. The van der Waals surface area contributed by atoms with E-state index in [-0.39, 0.29) is 17.8 Å². The van der Waals surface area contributed by atoms with Crippen LogP contribution in [-0.4, -0.2) is 26.0 Å². The van der Waals surface area contributed by atoms with Crippen LogP contribution in [0.5, 0.6) is 11.5 Å². The Morgan fingerprint density at radius 1 is 0.966 bits per heavy atom. The molecule has 0 heterocycles. The van der Waals surface area contributed by atoms with E-state index in [1.807, 2.05) is 0 Å². The first-order valence-corrected chi connectivity index (χ1v) is 8.63. The maximum Gasteiger partial charge on any atom is 0.418 e. The second kappa shape index (κ2) is 9.31. The molecule has 2 aromatic carbocycles. The van der Waals surface area contributed by atoms with Crippen molar-refractivity contribution in [2.24, 2.45) is 0 Å². The van der Waals surface area contributed by atoms with Crippen molar-refractivity contribution in [1.29, 1.82) is 0 Å². The molecule has 0 spiro atoms. The van der Waals surface area contributed by atoms with E-state index in [1.165, 1.54) is 27.2 Å². The second-order valence-corrected chi connectivity index (χ2v) is 6.18. The van der Waals surface area contributed by atoms with Crippen molar-refractivity contribution in [1.82, 2.24) is 0 Å². The van der Waals surface area contributed by atoms with E-state index in [4.69, 9.17) is 9.47 Å². The molecule has 0 saturated carbocycles. The van der Waals surface area contributed by atoms with Gasteiger partial charge in [-0.15, -0.1) is 0 Å². The fourth-order valence-corrected chi connectivity index (χ4v) is 2.68. The highest BCUT2D eigenvalue weighted by molar-refractivity contribution is 5.93. The average Bonchev–Trinajstić information content (AvgIpc) is 2.66. The highest BCUT2D eigenvalue weighted by Gasteiger charge is 2.34. The number of hydrogen-bond donors (Lipinski definition) is 2. The Kier molecular flexibility index (Phi) is 7.08. The lowest BCUT2D eigenvalue weighted by atomic mass is 10.1. The van der Waals surface area contributed by atoms with Crippen molar-refractivity contribution in [2.45, 2.75) is 25.9 Å². The van der Waals surface area contributed by atoms with E-state index in [0.717, 1.165) is 17.7 Å². The molecular formula is C20H21F3N2O4. The molecule has 29 heavy (non-hydrogen) atoms. The molecule has 9 heteroatoms. The van der Waals surface area contributed by atoms with Gasteiger partial charge in [-0.25, -0.2) is 0 Å². The van der Waals surface area contributed by atoms with Gasteiger partial charge >= 0.3 is 6.18 Å². The van der Waals surface area contributed by atoms with Gasteiger partial charge in [0.2, 0.25) is 11.8 Å². The number of aryl methyl sites for hydroxylation is 1. The summed E-state index contributed by atoms with van der Waals surface area (Å²) in [6.45, 7) is 1.19. The van der Waals surface area contributed by atoms with Gasteiger partial charge < -0.3 is 20.1 Å². The van der Waals surface area contributed by atoms with Crippen LogP contribution in [0.4, 0.5) is 24.5 Å². The van der Waals surface area contributed by atoms with Crippen LogP contribution in [0.15, 0.2) is 36.4 Å². The highest BCUT2D eigenvalue weighted by Crippen LogP contribution is 2.36. The summed E-state index contributed by atoms with van der Waals surface area (Å²) in [5, 5.41) is 4.58. The molecule has 0 aromatic heterocycles. The summed E-state index contributed by atoms with van der Waals surface area (Å²) in [6, 6.07) is 8.33. The minimum atomic E-state index is -4.69. The van der Waals surface area contributed by atoms with Crippen molar-refractivity contribution < 1.29 is 32.2 Å². The SMILES string of the molecule is COc1ccc(CCC(=O)Nc2ccc(NC(C)=O)cc2C(F)(F)F)cc1OC. The zero-order chi connectivity index (χ0) is 21.6. The number of benzene rings is 2. The molecule has 2 rings (SSSR count). The first kappa shape index (κ1) is 22.1. The van der Waals surface area contributed by atoms with Crippen LogP contribution in [-0.2, 0) is 22.2 Å². The normalized spacial score (nSPS) is 11.0. The van der Waals surface area contributed by atoms with Crippen LogP contribution in [0.1, 0.15) is 24.5 Å². The minimum Gasteiger partial charge on any atom is -0.493 e. The van der Waals surface area contributed by atoms with Crippen LogP contribution in [0.2, 0.25) is 0 Å². The number of halogens is 3. The van der Waals surface area contributed by atoms with E-state index in [9.17, 15) is 22.8 Å². The molecule has 0 aliphatic carbocycles. The van der Waals surface area contributed by atoms with Crippen LogP contribution >= 0.6 is 0 Å². The molecule has 156 valence electrons. The van der Waals surface area contributed by atoms with Gasteiger partial charge in [0, 0.05) is 19.0 Å². The largest absolute Gasteiger partial charge is 0.493 e. The zero-order valence-corrected chi connectivity index (χ0v) is 16.1. The number of methoxy groups -OCH3 is 2. The summed E-state index contributed by atoms with van der Waals surface area (Å²) in [7, 11) is 2.98. The summed E-state index contributed by atoms with van der Waals surface area (Å²) < 4.78 is 50.3. The summed E-state index contributed by atoms with van der Waals surface area (Å²) in [5.74, 6) is -0.0319. The fraction of sp³-hybridized carbons (Fsp3) is 0.300. The molecule has 0 aliphatic heterocycles. The molecule has 0 bridgehead atoms.